The first kappa shape index (κ1) is 18.1. The predicted molar refractivity (Wildman–Crippen MR) is 97.5 cm³/mol. The minimum atomic E-state index is 0.354. The predicted octanol–water partition coefficient (Wildman–Crippen LogP) is 2.55. The summed E-state index contributed by atoms with van der Waals surface area (Å²) >= 11 is 0. The molecule has 25 heavy (non-hydrogen) atoms. The van der Waals surface area contributed by atoms with Crippen LogP contribution in [0.1, 0.15) is 50.5 Å². The zero-order chi connectivity index (χ0) is 17.6. The molecule has 6 heteroatoms. The lowest BCUT2D eigenvalue weighted by atomic mass is 9.93. The first-order valence-corrected chi connectivity index (χ1v) is 9.60. The molecule has 0 saturated carbocycles. The van der Waals surface area contributed by atoms with Crippen molar-refractivity contribution in [1.29, 1.82) is 0 Å². The Balaban J connectivity index is 1.53. The third-order valence-corrected chi connectivity index (χ3v) is 5.18. The van der Waals surface area contributed by atoms with Gasteiger partial charge in [-0.2, -0.15) is 0 Å². The quantitative estimate of drug-likeness (QED) is 0.792. The van der Waals surface area contributed by atoms with Gasteiger partial charge in [0.05, 0.1) is 0 Å². The van der Waals surface area contributed by atoms with Crippen molar-refractivity contribution in [2.45, 2.75) is 52.6 Å². The van der Waals surface area contributed by atoms with Gasteiger partial charge >= 0.3 is 0 Å². The highest BCUT2D eigenvalue weighted by Crippen LogP contribution is 2.26. The SMILES string of the molecule is CCOCc1nc(C)cc(N2CCC(CC(=O)N3CCCC3)CC2)n1. The number of piperidine rings is 1. The summed E-state index contributed by atoms with van der Waals surface area (Å²) < 4.78 is 5.44. The Bertz CT molecular complexity index is 579. The van der Waals surface area contributed by atoms with Crippen molar-refractivity contribution in [2.24, 2.45) is 5.92 Å². The minimum absolute atomic E-state index is 0.354. The van der Waals surface area contributed by atoms with E-state index in [0.717, 1.165) is 56.4 Å². The minimum Gasteiger partial charge on any atom is -0.374 e. The maximum absolute atomic E-state index is 12.3. The average molecular weight is 346 g/mol. The topological polar surface area (TPSA) is 58.6 Å². The number of nitrogens with zero attached hydrogens (tertiary/aromatic N) is 4. The van der Waals surface area contributed by atoms with Crippen molar-refractivity contribution in [1.82, 2.24) is 14.9 Å². The number of aryl methyl sites for hydroxylation is 1. The van der Waals surface area contributed by atoms with Crippen LogP contribution in [-0.4, -0.2) is 53.6 Å². The second kappa shape index (κ2) is 8.61. The molecule has 138 valence electrons. The monoisotopic (exact) mass is 346 g/mol. The number of hydrogen-bond donors (Lipinski definition) is 0. The Labute approximate surface area is 150 Å². The summed E-state index contributed by atoms with van der Waals surface area (Å²) in [5, 5.41) is 0. The highest BCUT2D eigenvalue weighted by molar-refractivity contribution is 5.76. The van der Waals surface area contributed by atoms with E-state index in [0.29, 0.717) is 31.5 Å². The summed E-state index contributed by atoms with van der Waals surface area (Å²) in [5.74, 6) is 2.61. The summed E-state index contributed by atoms with van der Waals surface area (Å²) in [6.07, 6.45) is 5.17. The molecule has 1 aromatic heterocycles. The van der Waals surface area contributed by atoms with Crippen LogP contribution in [0.5, 0.6) is 0 Å². The van der Waals surface area contributed by atoms with Gasteiger partial charge in [-0.05, 0) is 45.4 Å². The number of ether oxygens (including phenoxy) is 1. The largest absolute Gasteiger partial charge is 0.374 e. The van der Waals surface area contributed by atoms with Crippen molar-refractivity contribution in [2.75, 3.05) is 37.7 Å². The number of anilines is 1. The van der Waals surface area contributed by atoms with Gasteiger partial charge < -0.3 is 14.5 Å². The summed E-state index contributed by atoms with van der Waals surface area (Å²) in [7, 11) is 0. The molecule has 2 saturated heterocycles. The zero-order valence-corrected chi connectivity index (χ0v) is 15.5. The number of rotatable bonds is 6. The lowest BCUT2D eigenvalue weighted by molar-refractivity contribution is -0.131. The molecule has 0 radical (unpaired) electrons. The number of likely N-dealkylation sites (tertiary alicyclic amines) is 1. The van der Waals surface area contributed by atoms with E-state index < -0.39 is 0 Å². The number of hydrogen-bond acceptors (Lipinski definition) is 5. The maximum Gasteiger partial charge on any atom is 0.222 e. The van der Waals surface area contributed by atoms with Crippen molar-refractivity contribution >= 4 is 11.7 Å². The van der Waals surface area contributed by atoms with Crippen LogP contribution in [0.2, 0.25) is 0 Å². The van der Waals surface area contributed by atoms with Gasteiger partial charge in [0, 0.05) is 51.0 Å². The zero-order valence-electron chi connectivity index (χ0n) is 15.5. The molecule has 0 spiro atoms. The van der Waals surface area contributed by atoms with Crippen LogP contribution in [0, 0.1) is 12.8 Å². The Hall–Kier alpha value is -1.69. The Kier molecular flexibility index (Phi) is 6.24. The van der Waals surface area contributed by atoms with Crippen molar-refractivity contribution < 1.29 is 9.53 Å². The fourth-order valence-electron chi connectivity index (χ4n) is 3.74. The van der Waals surface area contributed by atoms with E-state index in [4.69, 9.17) is 4.74 Å². The Morgan fingerprint density at radius 2 is 1.92 bits per heavy atom. The van der Waals surface area contributed by atoms with Gasteiger partial charge in [-0.15, -0.1) is 0 Å². The van der Waals surface area contributed by atoms with E-state index >= 15 is 0 Å². The Morgan fingerprint density at radius 3 is 2.60 bits per heavy atom. The summed E-state index contributed by atoms with van der Waals surface area (Å²) in [6.45, 7) is 8.95. The van der Waals surface area contributed by atoms with Crippen molar-refractivity contribution in [3.63, 3.8) is 0 Å². The van der Waals surface area contributed by atoms with Gasteiger partial charge in [0.25, 0.3) is 0 Å². The van der Waals surface area contributed by atoms with Gasteiger partial charge in [0.2, 0.25) is 5.91 Å². The highest BCUT2D eigenvalue weighted by atomic mass is 16.5. The van der Waals surface area contributed by atoms with E-state index in [9.17, 15) is 4.79 Å². The third kappa shape index (κ3) is 4.91. The second-order valence-electron chi connectivity index (χ2n) is 7.14. The first-order chi connectivity index (χ1) is 12.2. The number of aromatic nitrogens is 2. The normalized spacial score (nSPS) is 18.8. The van der Waals surface area contributed by atoms with Crippen LogP contribution in [0.3, 0.4) is 0 Å². The molecule has 6 nitrogen and oxygen atoms in total. The lowest BCUT2D eigenvalue weighted by Gasteiger charge is -2.33. The first-order valence-electron chi connectivity index (χ1n) is 9.60. The van der Waals surface area contributed by atoms with Crippen LogP contribution in [0.25, 0.3) is 0 Å². The molecule has 0 unspecified atom stereocenters. The van der Waals surface area contributed by atoms with Gasteiger partial charge in [0.1, 0.15) is 12.4 Å². The van der Waals surface area contributed by atoms with E-state index in [1.54, 1.807) is 0 Å². The molecule has 3 rings (SSSR count). The molecule has 0 atom stereocenters. The van der Waals surface area contributed by atoms with Crippen LogP contribution in [0.15, 0.2) is 6.07 Å². The molecule has 1 amide bonds. The summed E-state index contributed by atoms with van der Waals surface area (Å²) in [6, 6.07) is 2.05. The molecule has 0 N–H and O–H groups in total. The van der Waals surface area contributed by atoms with Crippen molar-refractivity contribution in [3.8, 4) is 0 Å². The van der Waals surface area contributed by atoms with Gasteiger partial charge in [-0.25, -0.2) is 9.97 Å². The highest BCUT2D eigenvalue weighted by Gasteiger charge is 2.26. The third-order valence-electron chi connectivity index (χ3n) is 5.18. The molecule has 0 aliphatic carbocycles. The maximum atomic E-state index is 12.3. The van der Waals surface area contributed by atoms with Crippen molar-refractivity contribution in [3.05, 3.63) is 17.6 Å². The molecule has 2 aliphatic rings. The summed E-state index contributed by atoms with van der Waals surface area (Å²) in [5.41, 5.74) is 0.978. The second-order valence-corrected chi connectivity index (χ2v) is 7.14. The molecule has 0 aromatic carbocycles. The Morgan fingerprint density at radius 1 is 1.20 bits per heavy atom. The molecule has 2 aliphatic heterocycles. The van der Waals surface area contributed by atoms with E-state index in [1.165, 1.54) is 12.8 Å². The van der Waals surface area contributed by atoms with Crippen LogP contribution in [0.4, 0.5) is 5.82 Å². The molecule has 1 aromatic rings. The van der Waals surface area contributed by atoms with Crippen LogP contribution in [-0.2, 0) is 16.1 Å². The molecule has 0 bridgehead atoms. The van der Waals surface area contributed by atoms with E-state index in [1.807, 2.05) is 24.8 Å². The van der Waals surface area contributed by atoms with E-state index in [2.05, 4.69) is 14.9 Å². The van der Waals surface area contributed by atoms with Crippen LogP contribution < -0.4 is 4.90 Å². The van der Waals surface area contributed by atoms with Gasteiger partial charge in [0.15, 0.2) is 5.82 Å². The van der Waals surface area contributed by atoms with Gasteiger partial charge in [-0.1, -0.05) is 0 Å². The fraction of sp³-hybridized carbons (Fsp3) is 0.737. The standard InChI is InChI=1S/C19H30N4O2/c1-3-25-14-17-20-15(2)12-18(21-17)22-10-6-16(7-11-22)13-19(24)23-8-4-5-9-23/h12,16H,3-11,13-14H2,1-2H3. The smallest absolute Gasteiger partial charge is 0.222 e. The van der Waals surface area contributed by atoms with Gasteiger partial charge in [-0.3, -0.25) is 4.79 Å². The number of carbonyl (C=O) groups is 1. The summed E-state index contributed by atoms with van der Waals surface area (Å²) in [4.78, 5) is 25.8. The van der Waals surface area contributed by atoms with Crippen LogP contribution >= 0.6 is 0 Å². The van der Waals surface area contributed by atoms with E-state index in [-0.39, 0.29) is 0 Å². The molecule has 2 fully saturated rings. The fourth-order valence-corrected chi connectivity index (χ4v) is 3.74. The molecular weight excluding hydrogens is 316 g/mol. The average Bonchev–Trinajstić information content (AvgIpc) is 3.15. The molecule has 3 heterocycles. The number of carbonyl (C=O) groups excluding carboxylic acids is 1. The lowest BCUT2D eigenvalue weighted by Crippen LogP contribution is -2.37. The number of amides is 1. The molecular formula is C19H30N4O2.